The second kappa shape index (κ2) is 20.7. The van der Waals surface area contributed by atoms with Crippen LogP contribution in [0.3, 0.4) is 0 Å². The van der Waals surface area contributed by atoms with Crippen molar-refractivity contribution in [3.63, 3.8) is 0 Å². The van der Waals surface area contributed by atoms with E-state index in [9.17, 15) is 0 Å². The van der Waals surface area contributed by atoms with Crippen molar-refractivity contribution in [1.82, 2.24) is 0 Å². The van der Waals surface area contributed by atoms with Gasteiger partial charge in [-0.1, -0.05) is 199 Å². The summed E-state index contributed by atoms with van der Waals surface area (Å²) in [6.45, 7) is 28.0. The fourth-order valence-electron chi connectivity index (χ4n) is 5.13. The van der Waals surface area contributed by atoms with Gasteiger partial charge in [0.1, 0.15) is 0 Å². The third kappa shape index (κ3) is 16.1. The molecule has 6 aromatic rings. The number of benzene rings is 6. The van der Waals surface area contributed by atoms with Crippen LogP contribution in [0.4, 0.5) is 0 Å². The van der Waals surface area contributed by atoms with Crippen molar-refractivity contribution in [3.8, 4) is 11.1 Å². The van der Waals surface area contributed by atoms with Crippen molar-refractivity contribution in [3.05, 3.63) is 201 Å². The zero-order valence-corrected chi connectivity index (χ0v) is 33.3. The Morgan fingerprint density at radius 3 is 1.02 bits per heavy atom. The fourth-order valence-corrected chi connectivity index (χ4v) is 5.13. The van der Waals surface area contributed by atoms with Crippen molar-refractivity contribution in [2.24, 2.45) is 0 Å². The highest BCUT2D eigenvalue weighted by Gasteiger charge is 2.11. The van der Waals surface area contributed by atoms with Crippen molar-refractivity contribution in [2.45, 2.75) is 95.4 Å². The standard InChI is InChI=1S/C13H12.C11H16.C10H14.2C8H10/c1-11-7-9-13(10-8-11)12-5-3-2-4-6-12;1-9-5-7-10(8-6-9)11(2,3)4;1-7-5-8(2)10(4)9(3)6-7;1-7-3-5-8(2)6-4-7;1-7-4-3-5-8(2)6-7/h2-10H,1H3;5-8H,1-4H3;5-6H,1-4H3;2*3-6H,1-2H3. The molecule has 262 valence electrons. The highest BCUT2D eigenvalue weighted by molar-refractivity contribution is 5.63. The maximum absolute atomic E-state index is 2.23. The summed E-state index contributed by atoms with van der Waals surface area (Å²) < 4.78 is 0. The quantitative estimate of drug-likeness (QED) is 0.164. The minimum absolute atomic E-state index is 0.285. The van der Waals surface area contributed by atoms with Crippen LogP contribution in [0.1, 0.15) is 82.0 Å². The normalized spacial score (nSPS) is 10.1. The molecule has 0 N–H and O–H groups in total. The molecule has 0 nitrogen and oxygen atoms in total. The maximum atomic E-state index is 2.23. The van der Waals surface area contributed by atoms with Crippen LogP contribution >= 0.6 is 0 Å². The molecule has 0 fully saturated rings. The Kier molecular flexibility index (Phi) is 17.2. The van der Waals surface area contributed by atoms with Crippen LogP contribution < -0.4 is 0 Å². The van der Waals surface area contributed by atoms with E-state index in [1.807, 2.05) is 6.07 Å². The molecule has 0 amide bonds. The largest absolute Gasteiger partial charge is 0.0622 e. The van der Waals surface area contributed by atoms with Gasteiger partial charge in [0.25, 0.3) is 0 Å². The minimum atomic E-state index is 0.285. The van der Waals surface area contributed by atoms with E-state index < -0.39 is 0 Å². The Bertz CT molecular complexity index is 1750. The lowest BCUT2D eigenvalue weighted by molar-refractivity contribution is 0.590. The lowest BCUT2D eigenvalue weighted by atomic mass is 9.87. The molecule has 6 rings (SSSR count). The van der Waals surface area contributed by atoms with Crippen molar-refractivity contribution >= 4 is 0 Å². The van der Waals surface area contributed by atoms with Crippen LogP contribution in [0.5, 0.6) is 0 Å². The molecule has 0 heterocycles. The number of hydrogen-bond donors (Lipinski definition) is 0. The van der Waals surface area contributed by atoms with Gasteiger partial charge in [0.15, 0.2) is 0 Å². The molecular weight excluding hydrogens is 601 g/mol. The molecule has 0 saturated carbocycles. The Morgan fingerprint density at radius 2 is 0.660 bits per heavy atom. The van der Waals surface area contributed by atoms with Gasteiger partial charge in [-0.05, 0) is 108 Å². The fraction of sp³-hybridized carbons (Fsp3) is 0.280. The summed E-state index contributed by atoms with van der Waals surface area (Å²) in [6.07, 6.45) is 0. The second-order valence-electron chi connectivity index (χ2n) is 14.7. The molecule has 50 heavy (non-hydrogen) atoms. The molecule has 0 aliphatic rings. The van der Waals surface area contributed by atoms with E-state index in [2.05, 4.69) is 223 Å². The van der Waals surface area contributed by atoms with E-state index in [4.69, 9.17) is 0 Å². The summed E-state index contributed by atoms with van der Waals surface area (Å²) in [5.74, 6) is 0. The molecule has 0 saturated heterocycles. The van der Waals surface area contributed by atoms with Crippen molar-refractivity contribution in [1.29, 1.82) is 0 Å². The Hall–Kier alpha value is -4.68. The average Bonchev–Trinajstić information content (AvgIpc) is 3.07. The van der Waals surface area contributed by atoms with Gasteiger partial charge in [-0.25, -0.2) is 0 Å². The van der Waals surface area contributed by atoms with Crippen LogP contribution in [-0.2, 0) is 5.41 Å². The molecular formula is C50H62. The molecule has 0 radical (unpaired) electrons. The Labute approximate surface area is 306 Å². The highest BCUT2D eigenvalue weighted by Crippen LogP contribution is 2.22. The molecule has 6 aromatic carbocycles. The summed E-state index contributed by atoms with van der Waals surface area (Å²) in [5, 5.41) is 0. The molecule has 0 aliphatic heterocycles. The van der Waals surface area contributed by atoms with Gasteiger partial charge in [0.2, 0.25) is 0 Å². The van der Waals surface area contributed by atoms with Crippen LogP contribution in [0.25, 0.3) is 11.1 Å². The monoisotopic (exact) mass is 662 g/mol. The van der Waals surface area contributed by atoms with Crippen LogP contribution in [0.15, 0.2) is 140 Å². The molecule has 0 unspecified atom stereocenters. The van der Waals surface area contributed by atoms with Crippen molar-refractivity contribution < 1.29 is 0 Å². The summed E-state index contributed by atoms with van der Waals surface area (Å²) in [6, 6.07) is 49.1. The molecule has 0 heteroatoms. The first-order chi connectivity index (χ1) is 23.5. The smallest absolute Gasteiger partial charge is 0.0132 e. The first kappa shape index (κ1) is 41.5. The third-order valence-corrected chi connectivity index (χ3v) is 8.54. The number of hydrogen-bond acceptors (Lipinski definition) is 0. The van der Waals surface area contributed by atoms with Gasteiger partial charge in [0, 0.05) is 0 Å². The topological polar surface area (TPSA) is 0 Å². The summed E-state index contributed by atoms with van der Waals surface area (Å²) in [7, 11) is 0. The first-order valence-corrected chi connectivity index (χ1v) is 17.9. The number of rotatable bonds is 1. The average molecular weight is 663 g/mol. The second-order valence-corrected chi connectivity index (χ2v) is 14.7. The number of aryl methyl sites for hydroxylation is 9. The first-order valence-electron chi connectivity index (χ1n) is 17.9. The van der Waals surface area contributed by atoms with Crippen LogP contribution in [0.2, 0.25) is 0 Å². The third-order valence-electron chi connectivity index (χ3n) is 8.54. The molecule has 0 aromatic heterocycles. The van der Waals surface area contributed by atoms with Crippen molar-refractivity contribution in [2.75, 3.05) is 0 Å². The van der Waals surface area contributed by atoms with Crippen LogP contribution in [-0.4, -0.2) is 0 Å². The van der Waals surface area contributed by atoms with E-state index in [-0.39, 0.29) is 5.41 Å². The summed E-state index contributed by atoms with van der Waals surface area (Å²) >= 11 is 0. The molecule has 0 atom stereocenters. The summed E-state index contributed by atoms with van der Waals surface area (Å²) in [4.78, 5) is 0. The van der Waals surface area contributed by atoms with Gasteiger partial charge in [-0.3, -0.25) is 0 Å². The van der Waals surface area contributed by atoms with E-state index in [0.29, 0.717) is 0 Å². The minimum Gasteiger partial charge on any atom is -0.0622 e. The van der Waals surface area contributed by atoms with Gasteiger partial charge in [-0.15, -0.1) is 0 Å². The molecule has 0 bridgehead atoms. The van der Waals surface area contributed by atoms with E-state index >= 15 is 0 Å². The van der Waals surface area contributed by atoms with Crippen LogP contribution in [0, 0.1) is 69.2 Å². The predicted octanol–water partition coefficient (Wildman–Crippen LogP) is 14.5. The zero-order chi connectivity index (χ0) is 37.3. The predicted molar refractivity (Wildman–Crippen MR) is 224 cm³/mol. The summed E-state index contributed by atoms with van der Waals surface area (Å²) in [5.41, 5.74) is 17.8. The zero-order valence-electron chi connectivity index (χ0n) is 33.3. The lowest BCUT2D eigenvalue weighted by Crippen LogP contribution is -2.10. The van der Waals surface area contributed by atoms with Gasteiger partial charge >= 0.3 is 0 Å². The Morgan fingerprint density at radius 1 is 0.300 bits per heavy atom. The highest BCUT2D eigenvalue weighted by atomic mass is 14.2. The van der Waals surface area contributed by atoms with Gasteiger partial charge < -0.3 is 0 Å². The van der Waals surface area contributed by atoms with E-state index in [0.717, 1.165) is 0 Å². The molecule has 0 spiro atoms. The SMILES string of the molecule is Cc1cc(C)c(C)c(C)c1.Cc1ccc(-c2ccccc2)cc1.Cc1ccc(C(C)(C)C)cc1.Cc1ccc(C)cc1.Cc1cccc(C)c1. The van der Waals surface area contributed by atoms with Gasteiger partial charge in [0.05, 0.1) is 0 Å². The van der Waals surface area contributed by atoms with Gasteiger partial charge in [-0.2, -0.15) is 0 Å². The molecule has 0 aliphatic carbocycles. The lowest BCUT2D eigenvalue weighted by Gasteiger charge is -2.18. The van der Waals surface area contributed by atoms with E-state index in [1.54, 1.807) is 0 Å². The van der Waals surface area contributed by atoms with E-state index in [1.165, 1.54) is 72.3 Å². The maximum Gasteiger partial charge on any atom is -0.0132 e. The Balaban J connectivity index is 0.000000220.